The van der Waals surface area contributed by atoms with E-state index in [-0.39, 0.29) is 5.97 Å². The van der Waals surface area contributed by atoms with Crippen LogP contribution in [0.2, 0.25) is 0 Å². The second-order valence-electron chi connectivity index (χ2n) is 4.26. The van der Waals surface area contributed by atoms with E-state index < -0.39 is 0 Å². The van der Waals surface area contributed by atoms with Crippen LogP contribution >= 0.6 is 0 Å². The number of benzene rings is 1. The first-order chi connectivity index (χ1) is 9.26. The smallest absolute Gasteiger partial charge is 0.305 e. The number of methoxy groups -OCH3 is 2. The van der Waals surface area contributed by atoms with Crippen molar-refractivity contribution in [3.63, 3.8) is 0 Å². The van der Waals surface area contributed by atoms with Crippen molar-refractivity contribution in [2.24, 2.45) is 0 Å². The first-order valence-electron chi connectivity index (χ1n) is 6.60. The fourth-order valence-electron chi connectivity index (χ4n) is 1.69. The van der Waals surface area contributed by atoms with Gasteiger partial charge in [0.05, 0.1) is 20.8 Å². The van der Waals surface area contributed by atoms with Crippen LogP contribution in [0, 0.1) is 0 Å². The van der Waals surface area contributed by atoms with Crippen LogP contribution in [0.5, 0.6) is 11.5 Å². The van der Waals surface area contributed by atoms with Gasteiger partial charge in [0.25, 0.3) is 0 Å². The molecule has 0 aromatic heterocycles. The van der Waals surface area contributed by atoms with Gasteiger partial charge in [0.2, 0.25) is 0 Å². The van der Waals surface area contributed by atoms with Gasteiger partial charge in [-0.05, 0) is 37.1 Å². The highest BCUT2D eigenvalue weighted by atomic mass is 16.5. The van der Waals surface area contributed by atoms with E-state index in [1.807, 2.05) is 24.3 Å². The largest absolute Gasteiger partial charge is 0.497 e. The first-order valence-corrected chi connectivity index (χ1v) is 6.60. The molecule has 0 fully saturated rings. The summed E-state index contributed by atoms with van der Waals surface area (Å²) >= 11 is 0. The van der Waals surface area contributed by atoms with Gasteiger partial charge in [-0.25, -0.2) is 0 Å². The SMILES string of the molecule is COC(=O)CCCCCCOc1ccc(OC)cc1. The van der Waals surface area contributed by atoms with Crippen LogP contribution in [0.15, 0.2) is 24.3 Å². The summed E-state index contributed by atoms with van der Waals surface area (Å²) in [6, 6.07) is 7.56. The normalized spacial score (nSPS) is 10.0. The summed E-state index contributed by atoms with van der Waals surface area (Å²) in [5.74, 6) is 1.56. The number of carbonyl (C=O) groups is 1. The number of esters is 1. The molecule has 0 heterocycles. The number of rotatable bonds is 9. The highest BCUT2D eigenvalue weighted by Crippen LogP contribution is 2.17. The molecule has 0 amide bonds. The maximum atomic E-state index is 10.9. The van der Waals surface area contributed by atoms with E-state index in [1.54, 1.807) is 7.11 Å². The molecule has 0 atom stereocenters. The molecule has 106 valence electrons. The minimum Gasteiger partial charge on any atom is -0.497 e. The van der Waals surface area contributed by atoms with Crippen molar-refractivity contribution in [2.45, 2.75) is 32.1 Å². The van der Waals surface area contributed by atoms with Crippen LogP contribution in [-0.4, -0.2) is 26.8 Å². The summed E-state index contributed by atoms with van der Waals surface area (Å²) in [5, 5.41) is 0. The molecule has 0 aliphatic heterocycles. The minimum atomic E-state index is -0.130. The molecule has 0 bridgehead atoms. The summed E-state index contributed by atoms with van der Waals surface area (Å²) < 4.78 is 15.3. The highest BCUT2D eigenvalue weighted by Gasteiger charge is 1.99. The Kier molecular flexibility index (Phi) is 7.47. The Morgan fingerprint density at radius 3 is 2.21 bits per heavy atom. The van der Waals surface area contributed by atoms with Gasteiger partial charge in [0.15, 0.2) is 0 Å². The van der Waals surface area contributed by atoms with E-state index in [0.717, 1.165) is 37.2 Å². The molecular formula is C15H22O4. The minimum absolute atomic E-state index is 0.130. The maximum Gasteiger partial charge on any atom is 0.305 e. The van der Waals surface area contributed by atoms with E-state index in [1.165, 1.54) is 7.11 Å². The molecular weight excluding hydrogens is 244 g/mol. The van der Waals surface area contributed by atoms with Crippen molar-refractivity contribution in [3.05, 3.63) is 24.3 Å². The molecule has 0 aliphatic carbocycles. The van der Waals surface area contributed by atoms with Crippen molar-refractivity contribution in [1.29, 1.82) is 0 Å². The van der Waals surface area contributed by atoms with Gasteiger partial charge >= 0.3 is 5.97 Å². The average Bonchev–Trinajstić information content (AvgIpc) is 2.46. The fraction of sp³-hybridized carbons (Fsp3) is 0.533. The second-order valence-corrected chi connectivity index (χ2v) is 4.26. The monoisotopic (exact) mass is 266 g/mol. The van der Waals surface area contributed by atoms with Gasteiger partial charge in [-0.1, -0.05) is 12.8 Å². The Labute approximate surface area is 114 Å². The molecule has 19 heavy (non-hydrogen) atoms. The molecule has 1 rings (SSSR count). The summed E-state index contributed by atoms with van der Waals surface area (Å²) in [6.07, 6.45) is 4.48. The quantitative estimate of drug-likeness (QED) is 0.508. The first kappa shape index (κ1) is 15.3. The fourth-order valence-corrected chi connectivity index (χ4v) is 1.69. The van der Waals surface area contributed by atoms with E-state index >= 15 is 0 Å². The van der Waals surface area contributed by atoms with E-state index in [4.69, 9.17) is 9.47 Å². The highest BCUT2D eigenvalue weighted by molar-refractivity contribution is 5.68. The zero-order chi connectivity index (χ0) is 13.9. The van der Waals surface area contributed by atoms with Gasteiger partial charge < -0.3 is 14.2 Å². The standard InChI is InChI=1S/C15H22O4/c1-17-13-8-10-14(11-9-13)19-12-6-4-3-5-7-15(16)18-2/h8-11H,3-7,12H2,1-2H3. The van der Waals surface area contributed by atoms with Crippen molar-refractivity contribution in [3.8, 4) is 11.5 Å². The Hall–Kier alpha value is -1.71. The lowest BCUT2D eigenvalue weighted by Gasteiger charge is -2.06. The molecule has 4 nitrogen and oxygen atoms in total. The molecule has 1 aromatic carbocycles. The topological polar surface area (TPSA) is 44.8 Å². The zero-order valence-electron chi connectivity index (χ0n) is 11.7. The third-order valence-electron chi connectivity index (χ3n) is 2.83. The van der Waals surface area contributed by atoms with Crippen molar-refractivity contribution >= 4 is 5.97 Å². The Morgan fingerprint density at radius 2 is 1.58 bits per heavy atom. The number of hydrogen-bond donors (Lipinski definition) is 0. The van der Waals surface area contributed by atoms with Crippen LogP contribution in [0.1, 0.15) is 32.1 Å². The average molecular weight is 266 g/mol. The Morgan fingerprint density at radius 1 is 0.947 bits per heavy atom. The second kappa shape index (κ2) is 9.25. The van der Waals surface area contributed by atoms with Crippen LogP contribution in [0.25, 0.3) is 0 Å². The van der Waals surface area contributed by atoms with Crippen molar-refractivity contribution in [2.75, 3.05) is 20.8 Å². The summed E-state index contributed by atoms with van der Waals surface area (Å²) in [7, 11) is 3.06. The Balaban J connectivity index is 2.02. The maximum absolute atomic E-state index is 10.9. The van der Waals surface area contributed by atoms with E-state index in [2.05, 4.69) is 4.74 Å². The Bertz CT molecular complexity index is 359. The molecule has 4 heteroatoms. The van der Waals surface area contributed by atoms with Crippen LogP contribution in [-0.2, 0) is 9.53 Å². The molecule has 0 radical (unpaired) electrons. The molecule has 0 aliphatic rings. The number of ether oxygens (including phenoxy) is 3. The third kappa shape index (κ3) is 6.70. The predicted molar refractivity (Wildman–Crippen MR) is 73.6 cm³/mol. The molecule has 0 saturated heterocycles. The molecule has 1 aromatic rings. The lowest BCUT2D eigenvalue weighted by Crippen LogP contribution is -2.00. The molecule has 0 unspecified atom stereocenters. The summed E-state index contributed by atoms with van der Waals surface area (Å²) in [5.41, 5.74) is 0. The van der Waals surface area contributed by atoms with Gasteiger partial charge in [0.1, 0.15) is 11.5 Å². The van der Waals surface area contributed by atoms with E-state index in [9.17, 15) is 4.79 Å². The molecule has 0 N–H and O–H groups in total. The van der Waals surface area contributed by atoms with Gasteiger partial charge in [-0.3, -0.25) is 4.79 Å². The lowest BCUT2D eigenvalue weighted by molar-refractivity contribution is -0.140. The zero-order valence-corrected chi connectivity index (χ0v) is 11.7. The van der Waals surface area contributed by atoms with Crippen LogP contribution in [0.3, 0.4) is 0 Å². The number of unbranched alkanes of at least 4 members (excludes halogenated alkanes) is 3. The molecule has 0 spiro atoms. The summed E-state index contributed by atoms with van der Waals surface area (Å²) in [6.45, 7) is 0.699. The number of carbonyl (C=O) groups excluding carboxylic acids is 1. The van der Waals surface area contributed by atoms with Gasteiger partial charge in [-0.15, -0.1) is 0 Å². The molecule has 0 saturated carbocycles. The van der Waals surface area contributed by atoms with Gasteiger partial charge in [0, 0.05) is 6.42 Å². The van der Waals surface area contributed by atoms with Crippen LogP contribution < -0.4 is 9.47 Å². The predicted octanol–water partition coefficient (Wildman–Crippen LogP) is 3.20. The lowest BCUT2D eigenvalue weighted by atomic mass is 10.1. The van der Waals surface area contributed by atoms with Crippen LogP contribution in [0.4, 0.5) is 0 Å². The van der Waals surface area contributed by atoms with Crippen molar-refractivity contribution < 1.29 is 19.0 Å². The number of hydrogen-bond acceptors (Lipinski definition) is 4. The van der Waals surface area contributed by atoms with Crippen molar-refractivity contribution in [1.82, 2.24) is 0 Å². The van der Waals surface area contributed by atoms with E-state index in [0.29, 0.717) is 13.0 Å². The van der Waals surface area contributed by atoms with Gasteiger partial charge in [-0.2, -0.15) is 0 Å². The summed E-state index contributed by atoms with van der Waals surface area (Å²) in [4.78, 5) is 10.9. The third-order valence-corrected chi connectivity index (χ3v) is 2.83.